The number of nitriles is 1. The van der Waals surface area contributed by atoms with Crippen LogP contribution in [0.4, 0.5) is 11.5 Å². The highest BCUT2D eigenvalue weighted by atomic mass is 16.2. The van der Waals surface area contributed by atoms with E-state index in [0.29, 0.717) is 28.2 Å². The first-order chi connectivity index (χ1) is 13.6. The molecule has 1 atom stereocenters. The van der Waals surface area contributed by atoms with Crippen LogP contribution in [0.15, 0.2) is 71.8 Å². The Morgan fingerprint density at radius 3 is 2.36 bits per heavy atom. The Kier molecular flexibility index (Phi) is 4.34. The first-order valence-corrected chi connectivity index (χ1v) is 8.80. The maximum absolute atomic E-state index is 13.1. The molecule has 0 saturated carbocycles. The summed E-state index contributed by atoms with van der Waals surface area (Å²) in [5.41, 5.74) is 9.68. The lowest BCUT2D eigenvalue weighted by Crippen LogP contribution is -2.26. The number of para-hydroxylation sites is 1. The molecule has 0 saturated heterocycles. The number of carbonyl (C=O) groups is 1. The van der Waals surface area contributed by atoms with Crippen molar-refractivity contribution in [2.24, 2.45) is 5.10 Å². The molecular formula is C22H17N5O. The van der Waals surface area contributed by atoms with E-state index in [2.05, 4.69) is 16.2 Å². The van der Waals surface area contributed by atoms with Gasteiger partial charge in [-0.1, -0.05) is 48.5 Å². The second kappa shape index (κ2) is 6.97. The van der Waals surface area contributed by atoms with Crippen LogP contribution in [0.25, 0.3) is 11.1 Å². The molecule has 136 valence electrons. The van der Waals surface area contributed by atoms with Crippen LogP contribution in [0.1, 0.15) is 24.1 Å². The minimum Gasteiger partial charge on any atom is -0.383 e. The highest BCUT2D eigenvalue weighted by Crippen LogP contribution is 2.34. The smallest absolute Gasteiger partial charge is 0.262 e. The second-order valence-corrected chi connectivity index (χ2v) is 6.49. The molecule has 0 bridgehead atoms. The maximum Gasteiger partial charge on any atom is 0.262 e. The molecule has 0 aliphatic carbocycles. The Labute approximate surface area is 162 Å². The van der Waals surface area contributed by atoms with Crippen LogP contribution in [-0.2, 0) is 4.79 Å². The Hall–Kier alpha value is -3.98. The molecule has 28 heavy (non-hydrogen) atoms. The number of hydrazone groups is 1. The first-order valence-electron chi connectivity index (χ1n) is 8.80. The molecule has 0 spiro atoms. The normalized spacial score (nSPS) is 16.0. The molecule has 0 radical (unpaired) electrons. The zero-order valence-corrected chi connectivity index (χ0v) is 15.2. The third kappa shape index (κ3) is 2.89. The van der Waals surface area contributed by atoms with Crippen molar-refractivity contribution in [2.75, 3.05) is 10.7 Å². The number of pyridine rings is 1. The molecule has 2 heterocycles. The number of carbonyl (C=O) groups excluding carboxylic acids is 1. The fourth-order valence-corrected chi connectivity index (χ4v) is 3.36. The molecule has 1 unspecified atom stereocenters. The molecule has 6 heteroatoms. The van der Waals surface area contributed by atoms with Gasteiger partial charge < -0.3 is 5.73 Å². The number of nitrogen functional groups attached to an aromatic ring is 1. The SMILES string of the molecule is CC1=NN(c2ccccc2)C(=O)C1c1cc(-c2ccccc2)c(C#N)c(N)n1. The maximum atomic E-state index is 13.1. The van der Waals surface area contributed by atoms with Crippen LogP contribution in [0.2, 0.25) is 0 Å². The highest BCUT2D eigenvalue weighted by molar-refractivity contribution is 6.18. The number of rotatable bonds is 3. The van der Waals surface area contributed by atoms with Crippen LogP contribution in [0.3, 0.4) is 0 Å². The van der Waals surface area contributed by atoms with Crippen molar-refractivity contribution in [1.29, 1.82) is 5.26 Å². The van der Waals surface area contributed by atoms with E-state index >= 15 is 0 Å². The monoisotopic (exact) mass is 367 g/mol. The van der Waals surface area contributed by atoms with Gasteiger partial charge in [0.25, 0.3) is 5.91 Å². The van der Waals surface area contributed by atoms with Crippen LogP contribution in [-0.4, -0.2) is 16.6 Å². The number of hydrogen-bond acceptors (Lipinski definition) is 5. The predicted octanol–water partition coefficient (Wildman–Crippen LogP) is 3.71. The molecule has 2 N–H and O–H groups in total. The van der Waals surface area contributed by atoms with E-state index in [1.54, 1.807) is 13.0 Å². The fraction of sp³-hybridized carbons (Fsp3) is 0.0909. The van der Waals surface area contributed by atoms with Gasteiger partial charge in [-0.15, -0.1) is 0 Å². The average molecular weight is 367 g/mol. The zero-order chi connectivity index (χ0) is 19.7. The number of nitrogens with two attached hydrogens (primary N) is 1. The van der Waals surface area contributed by atoms with Crippen molar-refractivity contribution in [2.45, 2.75) is 12.8 Å². The summed E-state index contributed by atoms with van der Waals surface area (Å²) in [7, 11) is 0. The molecule has 1 aromatic heterocycles. The largest absolute Gasteiger partial charge is 0.383 e. The van der Waals surface area contributed by atoms with Crippen LogP contribution >= 0.6 is 0 Å². The van der Waals surface area contributed by atoms with Crippen molar-refractivity contribution in [3.8, 4) is 17.2 Å². The summed E-state index contributed by atoms with van der Waals surface area (Å²) in [4.78, 5) is 17.5. The lowest BCUT2D eigenvalue weighted by Gasteiger charge is -2.16. The van der Waals surface area contributed by atoms with E-state index in [-0.39, 0.29) is 11.7 Å². The summed E-state index contributed by atoms with van der Waals surface area (Å²) in [6, 6.07) is 22.6. The third-order valence-electron chi connectivity index (χ3n) is 4.69. The topological polar surface area (TPSA) is 95.4 Å². The van der Waals surface area contributed by atoms with Gasteiger partial charge in [-0.25, -0.2) is 4.98 Å². The van der Waals surface area contributed by atoms with Crippen LogP contribution in [0, 0.1) is 11.3 Å². The lowest BCUT2D eigenvalue weighted by atomic mass is 9.94. The molecule has 1 aliphatic heterocycles. The van der Waals surface area contributed by atoms with Gasteiger partial charge >= 0.3 is 0 Å². The summed E-state index contributed by atoms with van der Waals surface area (Å²) in [5.74, 6) is -0.727. The number of aromatic nitrogens is 1. The van der Waals surface area contributed by atoms with Crippen LogP contribution < -0.4 is 10.7 Å². The quantitative estimate of drug-likeness (QED) is 0.763. The standard InChI is InChI=1S/C22H17N5O/c1-14-20(22(28)27(26-14)16-10-6-3-7-11-16)19-12-17(15-8-4-2-5-9-15)18(13-23)21(24)25-19/h2-12,20H,1H3,(H2,24,25). The van der Waals surface area contributed by atoms with Crippen molar-refractivity contribution in [3.63, 3.8) is 0 Å². The number of anilines is 2. The van der Waals surface area contributed by atoms with Gasteiger partial charge in [-0.2, -0.15) is 15.4 Å². The van der Waals surface area contributed by atoms with Crippen molar-refractivity contribution in [1.82, 2.24) is 4.98 Å². The fourth-order valence-electron chi connectivity index (χ4n) is 3.36. The summed E-state index contributed by atoms with van der Waals surface area (Å²) in [6.07, 6.45) is 0. The Morgan fingerprint density at radius 1 is 1.07 bits per heavy atom. The molecule has 3 aromatic rings. The predicted molar refractivity (Wildman–Crippen MR) is 109 cm³/mol. The minimum absolute atomic E-state index is 0.109. The Bertz CT molecular complexity index is 1120. The number of nitrogens with zero attached hydrogens (tertiary/aromatic N) is 4. The average Bonchev–Trinajstić information content (AvgIpc) is 3.02. The summed E-state index contributed by atoms with van der Waals surface area (Å²) in [5, 5.41) is 15.4. The molecule has 6 nitrogen and oxygen atoms in total. The molecule has 1 aliphatic rings. The molecule has 0 fully saturated rings. The molecule has 4 rings (SSSR count). The van der Waals surface area contributed by atoms with Gasteiger partial charge in [0.05, 0.1) is 17.1 Å². The summed E-state index contributed by atoms with van der Waals surface area (Å²) < 4.78 is 0. The van der Waals surface area contributed by atoms with Gasteiger partial charge in [-0.3, -0.25) is 4.79 Å². The van der Waals surface area contributed by atoms with Gasteiger partial charge in [0.2, 0.25) is 0 Å². The first kappa shape index (κ1) is 17.4. The van der Waals surface area contributed by atoms with Gasteiger partial charge in [0, 0.05) is 5.56 Å². The number of amides is 1. The van der Waals surface area contributed by atoms with E-state index < -0.39 is 5.92 Å². The number of benzene rings is 2. The van der Waals surface area contributed by atoms with Gasteiger partial charge in [0.15, 0.2) is 0 Å². The van der Waals surface area contributed by atoms with Gasteiger partial charge in [0.1, 0.15) is 23.4 Å². The minimum atomic E-state index is -0.641. The van der Waals surface area contributed by atoms with E-state index in [9.17, 15) is 10.1 Å². The second-order valence-electron chi connectivity index (χ2n) is 6.49. The van der Waals surface area contributed by atoms with E-state index in [1.807, 2.05) is 60.7 Å². The van der Waals surface area contributed by atoms with Crippen molar-refractivity contribution >= 4 is 23.1 Å². The Morgan fingerprint density at radius 2 is 1.71 bits per heavy atom. The molecule has 1 amide bonds. The molecular weight excluding hydrogens is 350 g/mol. The summed E-state index contributed by atoms with van der Waals surface area (Å²) in [6.45, 7) is 1.80. The van der Waals surface area contributed by atoms with Crippen molar-refractivity contribution < 1.29 is 4.79 Å². The van der Waals surface area contributed by atoms with Crippen LogP contribution in [0.5, 0.6) is 0 Å². The van der Waals surface area contributed by atoms with E-state index in [0.717, 1.165) is 5.56 Å². The third-order valence-corrected chi connectivity index (χ3v) is 4.69. The van der Waals surface area contributed by atoms with E-state index in [4.69, 9.17) is 5.73 Å². The Balaban J connectivity index is 1.80. The van der Waals surface area contributed by atoms with Gasteiger partial charge in [-0.05, 0) is 30.7 Å². The summed E-state index contributed by atoms with van der Waals surface area (Å²) >= 11 is 0. The lowest BCUT2D eigenvalue weighted by molar-refractivity contribution is -0.118. The zero-order valence-electron chi connectivity index (χ0n) is 15.2. The highest BCUT2D eigenvalue weighted by Gasteiger charge is 2.37. The molecule has 2 aromatic carbocycles. The number of hydrogen-bond donors (Lipinski definition) is 1. The van der Waals surface area contributed by atoms with E-state index in [1.165, 1.54) is 5.01 Å². The van der Waals surface area contributed by atoms with Crippen molar-refractivity contribution in [3.05, 3.63) is 78.0 Å².